The third-order valence-electron chi connectivity index (χ3n) is 4.89. The van der Waals surface area contributed by atoms with E-state index in [0.717, 1.165) is 54.3 Å². The minimum Gasteiger partial charge on any atom is -0.310 e. The number of rotatable bonds is 8. The van der Waals surface area contributed by atoms with Gasteiger partial charge in [0.05, 0.1) is 11.4 Å². The van der Waals surface area contributed by atoms with E-state index in [4.69, 9.17) is 0 Å². The molecule has 0 saturated carbocycles. The van der Waals surface area contributed by atoms with Crippen LogP contribution in [0.4, 0.5) is 11.6 Å². The number of sulfonamides is 1. The molecular formula is C20H27N5O3S. The third kappa shape index (κ3) is 4.84. The number of anilines is 2. The number of carbonyl (C=O) groups is 1. The first-order valence-electron chi connectivity index (χ1n) is 9.80. The van der Waals surface area contributed by atoms with E-state index in [-0.39, 0.29) is 5.75 Å². The molecule has 0 bridgehead atoms. The van der Waals surface area contributed by atoms with Crippen LogP contribution in [0.2, 0.25) is 0 Å². The zero-order valence-corrected chi connectivity index (χ0v) is 17.9. The Kier molecular flexibility index (Phi) is 6.36. The normalized spacial score (nSPS) is 13.8. The molecule has 8 nitrogen and oxygen atoms in total. The molecule has 1 N–H and O–H groups in total. The van der Waals surface area contributed by atoms with Gasteiger partial charge in [-0.05, 0) is 37.5 Å². The number of hydrogen-bond acceptors (Lipinski definition) is 6. The fourth-order valence-corrected chi connectivity index (χ4v) is 4.59. The van der Waals surface area contributed by atoms with E-state index < -0.39 is 15.9 Å². The predicted octanol–water partition coefficient (Wildman–Crippen LogP) is 2.47. The van der Waals surface area contributed by atoms with Crippen LogP contribution in [0.15, 0.2) is 24.4 Å². The zero-order valence-electron chi connectivity index (χ0n) is 17.1. The van der Waals surface area contributed by atoms with E-state index in [2.05, 4.69) is 25.8 Å². The lowest BCUT2D eigenvalue weighted by atomic mass is 10.2. The molecule has 2 aromatic heterocycles. The molecule has 156 valence electrons. The molecule has 1 aliphatic rings. The summed E-state index contributed by atoms with van der Waals surface area (Å²) < 4.78 is 27.9. The van der Waals surface area contributed by atoms with E-state index >= 15 is 0 Å². The van der Waals surface area contributed by atoms with E-state index in [1.807, 2.05) is 27.0 Å². The van der Waals surface area contributed by atoms with Crippen molar-refractivity contribution in [3.05, 3.63) is 41.2 Å². The topological polar surface area (TPSA) is 97.2 Å². The average Bonchev–Trinajstić information content (AvgIpc) is 3.19. The predicted molar refractivity (Wildman–Crippen MR) is 113 cm³/mol. The molecule has 0 aromatic carbocycles. The van der Waals surface area contributed by atoms with Crippen molar-refractivity contribution >= 4 is 33.6 Å². The zero-order chi connectivity index (χ0) is 21.0. The van der Waals surface area contributed by atoms with Gasteiger partial charge in [0.1, 0.15) is 11.6 Å². The molecule has 3 rings (SSSR count). The summed E-state index contributed by atoms with van der Waals surface area (Å²) in [6.45, 7) is 4.62. The largest absolute Gasteiger partial charge is 0.310 e. The molecule has 3 heterocycles. The molecule has 1 aliphatic heterocycles. The number of aryl methyl sites for hydroxylation is 2. The van der Waals surface area contributed by atoms with E-state index in [1.54, 1.807) is 17.0 Å². The minimum atomic E-state index is -3.62. The number of unbranched alkanes of at least 4 members (excludes halogenated alkanes) is 2. The van der Waals surface area contributed by atoms with Gasteiger partial charge in [-0.15, -0.1) is 0 Å². The van der Waals surface area contributed by atoms with E-state index in [1.165, 1.54) is 6.08 Å². The smallest absolute Gasteiger partial charge is 0.257 e. The lowest BCUT2D eigenvalue weighted by Crippen LogP contribution is -2.31. The van der Waals surface area contributed by atoms with Crippen molar-refractivity contribution in [2.45, 2.75) is 39.5 Å². The van der Waals surface area contributed by atoms with E-state index in [0.29, 0.717) is 6.42 Å². The minimum absolute atomic E-state index is 0.0478. The number of aromatic nitrogens is 3. The van der Waals surface area contributed by atoms with Gasteiger partial charge in [-0.2, -0.15) is 5.10 Å². The Balaban J connectivity index is 1.79. The van der Waals surface area contributed by atoms with Gasteiger partial charge < -0.3 is 4.90 Å². The SMILES string of the molecule is CCCCCS(=O)(=O)NC(=O)/C=C/c1c(C)nn(C)c1N1CCc2cccnc21. The van der Waals surface area contributed by atoms with Crippen LogP contribution in [-0.2, 0) is 28.3 Å². The van der Waals surface area contributed by atoms with Gasteiger partial charge in [-0.1, -0.05) is 25.8 Å². The maximum atomic E-state index is 12.2. The highest BCUT2D eigenvalue weighted by Gasteiger charge is 2.26. The van der Waals surface area contributed by atoms with Crippen LogP contribution in [-0.4, -0.2) is 41.4 Å². The first-order chi connectivity index (χ1) is 13.8. The summed E-state index contributed by atoms with van der Waals surface area (Å²) in [7, 11) is -1.77. The van der Waals surface area contributed by atoms with Crippen LogP contribution < -0.4 is 9.62 Å². The monoisotopic (exact) mass is 417 g/mol. The van der Waals surface area contributed by atoms with Gasteiger partial charge in [0.15, 0.2) is 0 Å². The van der Waals surface area contributed by atoms with Crippen LogP contribution in [0.5, 0.6) is 0 Å². The van der Waals surface area contributed by atoms with Gasteiger partial charge >= 0.3 is 0 Å². The first-order valence-corrected chi connectivity index (χ1v) is 11.4. The number of pyridine rings is 1. The first kappa shape index (κ1) is 21.0. The number of fused-ring (bicyclic) bond motifs is 1. The second kappa shape index (κ2) is 8.77. The van der Waals surface area contributed by atoms with Gasteiger partial charge in [0, 0.05) is 31.4 Å². The van der Waals surface area contributed by atoms with Crippen LogP contribution in [0.3, 0.4) is 0 Å². The molecule has 2 aromatic rings. The molecule has 0 spiro atoms. The number of hydrogen-bond donors (Lipinski definition) is 1. The molecule has 0 unspecified atom stereocenters. The van der Waals surface area contributed by atoms with Gasteiger partial charge in [-0.3, -0.25) is 9.48 Å². The van der Waals surface area contributed by atoms with Crippen molar-refractivity contribution in [2.24, 2.45) is 7.05 Å². The van der Waals surface area contributed by atoms with Gasteiger partial charge in [-0.25, -0.2) is 18.1 Å². The maximum absolute atomic E-state index is 12.2. The number of nitrogens with one attached hydrogen (secondary N) is 1. The lowest BCUT2D eigenvalue weighted by Gasteiger charge is -2.19. The standard InChI is InChI=1S/C20H27N5O3S/c1-4-5-6-14-29(27,28)23-18(26)10-9-17-15(2)22-24(3)20(17)25-13-11-16-8-7-12-21-19(16)25/h7-10,12H,4-6,11,13-14H2,1-3H3,(H,23,26)/b10-9+. The van der Waals surface area contributed by atoms with Crippen LogP contribution in [0.25, 0.3) is 6.08 Å². The highest BCUT2D eigenvalue weighted by molar-refractivity contribution is 7.90. The van der Waals surface area contributed by atoms with E-state index in [9.17, 15) is 13.2 Å². The molecule has 0 atom stereocenters. The highest BCUT2D eigenvalue weighted by atomic mass is 32.2. The van der Waals surface area contributed by atoms with Gasteiger partial charge in [0.25, 0.3) is 5.91 Å². The molecule has 0 fully saturated rings. The van der Waals surface area contributed by atoms with Crippen molar-refractivity contribution in [3.8, 4) is 0 Å². The average molecular weight is 418 g/mol. The Morgan fingerprint density at radius 1 is 1.34 bits per heavy atom. The summed E-state index contributed by atoms with van der Waals surface area (Å²) in [4.78, 5) is 18.8. The second-order valence-electron chi connectivity index (χ2n) is 7.16. The fourth-order valence-electron chi connectivity index (χ4n) is 3.53. The number of nitrogens with zero attached hydrogens (tertiary/aromatic N) is 4. The third-order valence-corrected chi connectivity index (χ3v) is 6.23. The lowest BCUT2D eigenvalue weighted by molar-refractivity contribution is -0.114. The summed E-state index contributed by atoms with van der Waals surface area (Å²) in [5.74, 6) is 1.01. The number of amides is 1. The summed E-state index contributed by atoms with van der Waals surface area (Å²) in [6, 6.07) is 3.97. The Labute approximate surface area is 171 Å². The Bertz CT molecular complexity index is 1030. The van der Waals surface area contributed by atoms with Crippen molar-refractivity contribution < 1.29 is 13.2 Å². The number of carbonyl (C=O) groups excluding carboxylic acids is 1. The second-order valence-corrected chi connectivity index (χ2v) is 9.00. The van der Waals surface area contributed by atoms with Crippen molar-refractivity contribution in [1.82, 2.24) is 19.5 Å². The molecule has 29 heavy (non-hydrogen) atoms. The van der Waals surface area contributed by atoms with Crippen LogP contribution >= 0.6 is 0 Å². The molecule has 1 amide bonds. The summed E-state index contributed by atoms with van der Waals surface area (Å²) in [5.41, 5.74) is 2.68. The Morgan fingerprint density at radius 3 is 2.90 bits per heavy atom. The highest BCUT2D eigenvalue weighted by Crippen LogP contribution is 2.35. The van der Waals surface area contributed by atoms with Crippen molar-refractivity contribution in [3.63, 3.8) is 0 Å². The molecule has 0 saturated heterocycles. The van der Waals surface area contributed by atoms with Crippen molar-refractivity contribution in [1.29, 1.82) is 0 Å². The van der Waals surface area contributed by atoms with Crippen LogP contribution in [0, 0.1) is 6.92 Å². The van der Waals surface area contributed by atoms with Gasteiger partial charge in [0.2, 0.25) is 10.0 Å². The Hall–Kier alpha value is -2.68. The molecule has 0 aliphatic carbocycles. The summed E-state index contributed by atoms with van der Waals surface area (Å²) in [6.07, 6.45) is 7.78. The van der Waals surface area contributed by atoms with Crippen molar-refractivity contribution in [2.75, 3.05) is 17.2 Å². The fraction of sp³-hybridized carbons (Fsp3) is 0.450. The molecular weight excluding hydrogens is 390 g/mol. The molecule has 0 radical (unpaired) electrons. The van der Waals surface area contributed by atoms with Crippen LogP contribution in [0.1, 0.15) is 43.0 Å². The summed E-state index contributed by atoms with van der Waals surface area (Å²) >= 11 is 0. The Morgan fingerprint density at radius 2 is 2.14 bits per heavy atom. The maximum Gasteiger partial charge on any atom is 0.257 e. The quantitative estimate of drug-likeness (QED) is 0.523. The summed E-state index contributed by atoms with van der Waals surface area (Å²) in [5, 5.41) is 4.48. The molecule has 9 heteroatoms.